The lowest BCUT2D eigenvalue weighted by molar-refractivity contribution is -0.274. The third-order valence-electron chi connectivity index (χ3n) is 5.73. The van der Waals surface area contributed by atoms with Gasteiger partial charge in [-0.3, -0.25) is 14.5 Å². The Morgan fingerprint density at radius 3 is 2.11 bits per heavy atom. The molecule has 0 aromatic heterocycles. The van der Waals surface area contributed by atoms with E-state index in [0.717, 1.165) is 17.0 Å². The zero-order valence-electron chi connectivity index (χ0n) is 19.7. The normalized spacial score (nSPS) is 17.0. The molecule has 0 saturated carbocycles. The number of carbonyl (C=O) groups excluding carboxylic acids is 2. The number of hydrogen-bond acceptors (Lipinski definition) is 7. The maximum atomic E-state index is 13.3. The Morgan fingerprint density at radius 2 is 1.55 bits per heavy atom. The molecule has 1 aliphatic heterocycles. The zero-order chi connectivity index (χ0) is 27.8. The minimum absolute atomic E-state index is 0.00412. The van der Waals surface area contributed by atoms with Gasteiger partial charge in [-0.15, -0.1) is 13.2 Å². The molecule has 4 rings (SSSR count). The summed E-state index contributed by atoms with van der Waals surface area (Å²) < 4.78 is 52.2. The van der Waals surface area contributed by atoms with Gasteiger partial charge >= 0.3 is 6.36 Å². The first-order valence-electron chi connectivity index (χ1n) is 10.8. The molecule has 2 N–H and O–H groups in total. The highest BCUT2D eigenvalue weighted by Gasteiger charge is 2.47. The Bertz CT molecular complexity index is 1420. The first-order chi connectivity index (χ1) is 17.9. The fourth-order valence-electron chi connectivity index (χ4n) is 4.07. The number of rotatable bonds is 6. The number of benzene rings is 3. The molecule has 198 valence electrons. The fourth-order valence-corrected chi connectivity index (χ4v) is 4.30. The van der Waals surface area contributed by atoms with Gasteiger partial charge in [-0.25, -0.2) is 0 Å². The molecule has 1 aliphatic rings. The number of carbonyl (C=O) groups is 2. The van der Waals surface area contributed by atoms with Crippen molar-refractivity contribution in [3.8, 4) is 23.0 Å². The second kappa shape index (κ2) is 10.2. The summed E-state index contributed by atoms with van der Waals surface area (Å²) in [6.45, 7) is 0. The van der Waals surface area contributed by atoms with Gasteiger partial charge in [0.05, 0.1) is 36.4 Å². The third-order valence-corrected chi connectivity index (χ3v) is 6.03. The summed E-state index contributed by atoms with van der Waals surface area (Å²) in [5.41, 5.74) is 0.0434. The van der Waals surface area contributed by atoms with Gasteiger partial charge in [0.1, 0.15) is 28.8 Å². The van der Waals surface area contributed by atoms with Crippen molar-refractivity contribution in [3.05, 3.63) is 82.4 Å². The van der Waals surface area contributed by atoms with E-state index in [-0.39, 0.29) is 39.1 Å². The van der Waals surface area contributed by atoms with Crippen LogP contribution in [0.3, 0.4) is 0 Å². The number of aromatic hydroxyl groups is 1. The van der Waals surface area contributed by atoms with Gasteiger partial charge in [0.15, 0.2) is 0 Å². The van der Waals surface area contributed by atoms with E-state index < -0.39 is 35.6 Å². The van der Waals surface area contributed by atoms with Crippen LogP contribution in [0.1, 0.15) is 17.2 Å². The van der Waals surface area contributed by atoms with E-state index in [2.05, 4.69) is 4.74 Å². The number of aliphatic hydroxyl groups is 1. The lowest BCUT2D eigenvalue weighted by Gasteiger charge is -2.26. The van der Waals surface area contributed by atoms with Crippen molar-refractivity contribution in [3.63, 3.8) is 0 Å². The summed E-state index contributed by atoms with van der Waals surface area (Å²) in [4.78, 5) is 27.6. The van der Waals surface area contributed by atoms with E-state index in [4.69, 9.17) is 21.1 Å². The Hall–Kier alpha value is -4.38. The number of Topliss-reactive ketones (excluding diaryl/α,β-unsaturated/α-hetero) is 1. The van der Waals surface area contributed by atoms with Crippen molar-refractivity contribution < 1.29 is 47.2 Å². The molecular weight excluding hydrogens is 531 g/mol. The first kappa shape index (κ1) is 26.7. The van der Waals surface area contributed by atoms with Crippen molar-refractivity contribution in [2.75, 3.05) is 19.1 Å². The maximum absolute atomic E-state index is 13.3. The van der Waals surface area contributed by atoms with E-state index in [9.17, 15) is 33.0 Å². The van der Waals surface area contributed by atoms with E-state index in [0.29, 0.717) is 5.56 Å². The minimum atomic E-state index is -4.92. The number of hydrogen-bond donors (Lipinski definition) is 2. The number of phenolic OH excluding ortho intramolecular Hbond substituents is 1. The molecule has 0 spiro atoms. The second-order valence-electron chi connectivity index (χ2n) is 7.99. The van der Waals surface area contributed by atoms with Crippen LogP contribution < -0.4 is 19.1 Å². The number of ketones is 1. The molecule has 0 bridgehead atoms. The number of nitrogens with zero attached hydrogens (tertiary/aromatic N) is 1. The van der Waals surface area contributed by atoms with Gasteiger partial charge in [-0.1, -0.05) is 23.7 Å². The standard InChI is InChI=1S/C26H19ClF3NO7/c1-36-19-12-18(27)20(37-2)11-17(19)23(33)21-22(13-3-7-15(32)8-4-13)31(25(35)24(21)34)14-5-9-16(10-6-14)38-26(28,29)30/h3-12,22,32-33H,1-2H3/b23-21+. The number of amides is 1. The summed E-state index contributed by atoms with van der Waals surface area (Å²) in [7, 11) is 2.66. The van der Waals surface area contributed by atoms with Crippen molar-refractivity contribution in [2.24, 2.45) is 0 Å². The molecule has 0 aliphatic carbocycles. The number of aliphatic hydroxyl groups excluding tert-OH is 1. The first-order valence-corrected chi connectivity index (χ1v) is 11.2. The van der Waals surface area contributed by atoms with Crippen molar-refractivity contribution in [1.82, 2.24) is 0 Å². The highest BCUT2D eigenvalue weighted by molar-refractivity contribution is 6.51. The molecule has 1 amide bonds. The predicted octanol–water partition coefficient (Wildman–Crippen LogP) is 5.59. The van der Waals surface area contributed by atoms with Gasteiger partial charge < -0.3 is 24.4 Å². The topological polar surface area (TPSA) is 106 Å². The van der Waals surface area contributed by atoms with Crippen molar-refractivity contribution >= 4 is 34.7 Å². The van der Waals surface area contributed by atoms with Crippen molar-refractivity contribution in [2.45, 2.75) is 12.4 Å². The zero-order valence-corrected chi connectivity index (χ0v) is 20.5. The molecule has 8 nitrogen and oxygen atoms in total. The monoisotopic (exact) mass is 549 g/mol. The quantitative estimate of drug-likeness (QED) is 0.235. The third kappa shape index (κ3) is 5.05. The van der Waals surface area contributed by atoms with Crippen LogP contribution in [0.5, 0.6) is 23.0 Å². The van der Waals surface area contributed by atoms with E-state index in [1.165, 1.54) is 62.8 Å². The number of halogens is 4. The van der Waals surface area contributed by atoms with Crippen LogP contribution in [0.4, 0.5) is 18.9 Å². The predicted molar refractivity (Wildman–Crippen MR) is 131 cm³/mol. The summed E-state index contributed by atoms with van der Waals surface area (Å²) in [6.07, 6.45) is -4.92. The second-order valence-corrected chi connectivity index (χ2v) is 8.40. The highest BCUT2D eigenvalue weighted by atomic mass is 35.5. The van der Waals surface area contributed by atoms with E-state index in [1.807, 2.05) is 0 Å². The molecule has 12 heteroatoms. The van der Waals surface area contributed by atoms with Crippen molar-refractivity contribution in [1.29, 1.82) is 0 Å². The van der Waals surface area contributed by atoms with Crippen LogP contribution >= 0.6 is 11.6 Å². The summed E-state index contributed by atoms with van der Waals surface area (Å²) in [6, 6.07) is 11.3. The Morgan fingerprint density at radius 1 is 0.947 bits per heavy atom. The van der Waals surface area contributed by atoms with Gasteiger partial charge in [-0.05, 0) is 48.0 Å². The van der Waals surface area contributed by atoms with Gasteiger partial charge in [0.25, 0.3) is 11.7 Å². The molecule has 1 unspecified atom stereocenters. The minimum Gasteiger partial charge on any atom is -0.508 e. The van der Waals surface area contributed by atoms with E-state index >= 15 is 0 Å². The number of phenols is 1. The molecule has 0 radical (unpaired) electrons. The Kier molecular flexibility index (Phi) is 7.14. The average Bonchev–Trinajstić information content (AvgIpc) is 3.13. The summed E-state index contributed by atoms with van der Waals surface area (Å²) in [5.74, 6) is -3.10. The molecule has 1 atom stereocenters. The maximum Gasteiger partial charge on any atom is 0.573 e. The molecule has 38 heavy (non-hydrogen) atoms. The molecule has 1 heterocycles. The average molecular weight is 550 g/mol. The SMILES string of the molecule is COc1cc(/C(O)=C2\C(=O)C(=O)N(c3ccc(OC(F)(F)F)cc3)C2c2ccc(O)cc2)c(OC)cc1Cl. The summed E-state index contributed by atoms with van der Waals surface area (Å²) >= 11 is 6.16. The summed E-state index contributed by atoms with van der Waals surface area (Å²) in [5, 5.41) is 21.3. The number of ether oxygens (including phenoxy) is 3. The number of methoxy groups -OCH3 is 2. The largest absolute Gasteiger partial charge is 0.573 e. The molecular formula is C26H19ClF3NO7. The molecule has 3 aromatic rings. The molecule has 1 fully saturated rings. The van der Waals surface area contributed by atoms with Crippen LogP contribution in [0.15, 0.2) is 66.2 Å². The lowest BCUT2D eigenvalue weighted by Crippen LogP contribution is -2.29. The molecule has 1 saturated heterocycles. The van der Waals surface area contributed by atoms with Crippen LogP contribution in [0, 0.1) is 0 Å². The van der Waals surface area contributed by atoms with Gasteiger partial charge in [-0.2, -0.15) is 0 Å². The highest BCUT2D eigenvalue weighted by Crippen LogP contribution is 2.45. The molecule has 3 aromatic carbocycles. The lowest BCUT2D eigenvalue weighted by atomic mass is 9.94. The van der Waals surface area contributed by atoms with Crippen LogP contribution in [-0.4, -0.2) is 42.5 Å². The number of alkyl halides is 3. The van der Waals surface area contributed by atoms with Crippen LogP contribution in [0.2, 0.25) is 5.02 Å². The van der Waals surface area contributed by atoms with Crippen LogP contribution in [-0.2, 0) is 9.59 Å². The van der Waals surface area contributed by atoms with Crippen LogP contribution in [0.25, 0.3) is 5.76 Å². The van der Waals surface area contributed by atoms with Gasteiger partial charge in [0, 0.05) is 11.8 Å². The Balaban J connectivity index is 1.91. The fraction of sp³-hybridized carbons (Fsp3) is 0.154. The smallest absolute Gasteiger partial charge is 0.508 e. The van der Waals surface area contributed by atoms with Gasteiger partial charge in [0.2, 0.25) is 0 Å². The van der Waals surface area contributed by atoms with E-state index in [1.54, 1.807) is 0 Å². The Labute approximate surface area is 219 Å². The number of anilines is 1.